The lowest BCUT2D eigenvalue weighted by atomic mass is 10.0. The number of benzene rings is 5. The third-order valence-corrected chi connectivity index (χ3v) is 16.6. The van der Waals surface area contributed by atoms with Crippen molar-refractivity contribution in [1.29, 1.82) is 0 Å². The van der Waals surface area contributed by atoms with Crippen molar-refractivity contribution in [1.82, 2.24) is 4.90 Å². The summed E-state index contributed by atoms with van der Waals surface area (Å²) in [5, 5.41) is 4.02. The number of ether oxygens (including phenoxy) is 3. The van der Waals surface area contributed by atoms with Gasteiger partial charge in [0.05, 0.1) is 26.9 Å². The highest BCUT2D eigenvalue weighted by Gasteiger charge is 2.46. The minimum atomic E-state index is -1.94. The Bertz CT molecular complexity index is 2260. The van der Waals surface area contributed by atoms with Crippen molar-refractivity contribution < 1.29 is 33.4 Å². The number of anilines is 1. The Hall–Kier alpha value is -5.93. The molecule has 2 unspecified atom stereocenters. The zero-order chi connectivity index (χ0) is 43.9. The molecule has 2 heterocycles. The van der Waals surface area contributed by atoms with Gasteiger partial charge < -0.3 is 19.0 Å². The summed E-state index contributed by atoms with van der Waals surface area (Å²) < 4.78 is 16.4. The van der Waals surface area contributed by atoms with Crippen LogP contribution in [0.25, 0.3) is 0 Å². The molecule has 0 N–H and O–H groups in total. The first-order valence-electron chi connectivity index (χ1n) is 20.8. The summed E-state index contributed by atoms with van der Waals surface area (Å²) in [5.74, 6) is 0.170. The molecule has 0 saturated carbocycles. The van der Waals surface area contributed by atoms with E-state index in [0.29, 0.717) is 23.5 Å². The van der Waals surface area contributed by atoms with E-state index in [1.807, 2.05) is 54.6 Å². The SMILES string of the molecule is CCCCCC(OCc1ccc(OC)cc1)c1ccc(N2C(=O)N(C)C(=O)C2CC=O)cc1.COC(=O)c1ccc(C[P+](c2ccccc2)(c2ccccc2)c2ccccc2)s1. The molecule has 9 nitrogen and oxygen atoms in total. The van der Waals surface area contributed by atoms with Crippen LogP contribution >= 0.6 is 18.6 Å². The molecule has 1 aromatic heterocycles. The van der Waals surface area contributed by atoms with Gasteiger partial charge >= 0.3 is 12.0 Å². The van der Waals surface area contributed by atoms with E-state index in [2.05, 4.69) is 104 Å². The van der Waals surface area contributed by atoms with Crippen molar-refractivity contribution >= 4 is 64.4 Å². The zero-order valence-corrected chi connectivity index (χ0v) is 37.4. The van der Waals surface area contributed by atoms with Crippen LogP contribution in [-0.2, 0) is 31.8 Å². The van der Waals surface area contributed by atoms with Gasteiger partial charge in [-0.1, -0.05) is 105 Å². The lowest BCUT2D eigenvalue weighted by Gasteiger charge is -2.27. The van der Waals surface area contributed by atoms with Crippen molar-refractivity contribution in [2.45, 2.75) is 63.9 Å². The van der Waals surface area contributed by atoms with E-state index in [0.717, 1.165) is 53.6 Å². The summed E-state index contributed by atoms with van der Waals surface area (Å²) >= 11 is 1.53. The number of unbranched alkanes of at least 4 members (excludes halogenated alkanes) is 2. The van der Waals surface area contributed by atoms with Crippen LogP contribution in [0.2, 0.25) is 0 Å². The Labute approximate surface area is 369 Å². The highest BCUT2D eigenvalue weighted by molar-refractivity contribution is 7.95. The smallest absolute Gasteiger partial charge is 0.348 e. The average molecular weight is 870 g/mol. The molecular weight excluding hydrogens is 816 g/mol. The van der Waals surface area contributed by atoms with Crippen molar-refractivity contribution in [2.75, 3.05) is 26.2 Å². The molecule has 1 saturated heterocycles. The highest BCUT2D eigenvalue weighted by Crippen LogP contribution is 2.58. The molecule has 62 heavy (non-hydrogen) atoms. The van der Waals surface area contributed by atoms with Crippen LogP contribution in [0.1, 0.15) is 70.8 Å². The largest absolute Gasteiger partial charge is 0.497 e. The van der Waals surface area contributed by atoms with Gasteiger partial charge in [-0.25, -0.2) is 9.59 Å². The number of thiophene rings is 1. The third kappa shape index (κ3) is 10.7. The number of rotatable bonds is 18. The molecule has 2 atom stereocenters. The summed E-state index contributed by atoms with van der Waals surface area (Å²) in [6.07, 6.45) is 5.63. The normalized spacial score (nSPS) is 14.2. The van der Waals surface area contributed by atoms with Crippen molar-refractivity contribution in [2.24, 2.45) is 0 Å². The van der Waals surface area contributed by atoms with Gasteiger partial charge in [0.2, 0.25) is 0 Å². The predicted molar refractivity (Wildman–Crippen MR) is 251 cm³/mol. The number of urea groups is 1. The van der Waals surface area contributed by atoms with Crippen LogP contribution in [-0.4, -0.2) is 56.4 Å². The van der Waals surface area contributed by atoms with E-state index >= 15 is 0 Å². The Balaban J connectivity index is 0.000000208. The second-order valence-corrected chi connectivity index (χ2v) is 19.6. The molecule has 5 aromatic carbocycles. The summed E-state index contributed by atoms with van der Waals surface area (Å²) in [6.45, 7) is 2.65. The molecule has 7 rings (SSSR count). The fraction of sp³-hybridized carbons (Fsp3) is 0.255. The first kappa shape index (κ1) is 45.6. The molecule has 0 bridgehead atoms. The van der Waals surface area contributed by atoms with Gasteiger partial charge in [-0.05, 0) is 90.3 Å². The number of hydrogen-bond donors (Lipinski definition) is 0. The van der Waals surface area contributed by atoms with Gasteiger partial charge in [0, 0.05) is 24.0 Å². The molecule has 6 aromatic rings. The van der Waals surface area contributed by atoms with E-state index in [-0.39, 0.29) is 24.4 Å². The van der Waals surface area contributed by atoms with E-state index in [1.54, 1.807) is 7.11 Å². The van der Waals surface area contributed by atoms with Gasteiger partial charge in [-0.2, -0.15) is 0 Å². The second-order valence-electron chi connectivity index (χ2n) is 14.9. The standard InChI is InChI=1S/C26H32N2O5.C25H22O2PS/c1-4-5-6-7-24(33-18-19-8-14-22(32-3)15-9-19)20-10-12-21(13-11-20)28-23(16-17-29)25(30)27(2)26(28)31;1-27-25(26)24-18-17-23(29-24)19-28(20-11-5-2-6-12-20,21-13-7-3-8-14-21)22-15-9-4-10-16-22/h8-15,17,23-24H,4-7,16,18H2,1-3H3;2-18H,19H2,1H3/q;+1. The number of hydrogen-bond acceptors (Lipinski definition) is 8. The number of aldehydes is 1. The molecule has 0 spiro atoms. The van der Waals surface area contributed by atoms with Crippen molar-refractivity contribution in [3.63, 3.8) is 0 Å². The summed E-state index contributed by atoms with van der Waals surface area (Å²) in [6, 6.07) is 50.4. The molecule has 11 heteroatoms. The van der Waals surface area contributed by atoms with Crippen LogP contribution in [0, 0.1) is 0 Å². The first-order valence-corrected chi connectivity index (χ1v) is 23.6. The Morgan fingerprint density at radius 1 is 0.758 bits per heavy atom. The third-order valence-electron chi connectivity index (χ3n) is 11.0. The van der Waals surface area contributed by atoms with Crippen LogP contribution in [0.4, 0.5) is 10.5 Å². The van der Waals surface area contributed by atoms with Gasteiger partial charge in [0.25, 0.3) is 5.91 Å². The molecule has 1 fully saturated rings. The highest BCUT2D eigenvalue weighted by atomic mass is 32.1. The summed E-state index contributed by atoms with van der Waals surface area (Å²) in [5.41, 5.74) is 2.67. The molecular formula is C51H54N2O7PS+. The maximum Gasteiger partial charge on any atom is 0.348 e. The number of methoxy groups -OCH3 is 2. The predicted octanol–water partition coefficient (Wildman–Crippen LogP) is 9.92. The zero-order valence-electron chi connectivity index (χ0n) is 35.7. The first-order chi connectivity index (χ1) is 30.2. The van der Waals surface area contributed by atoms with E-state index in [4.69, 9.17) is 14.2 Å². The number of imide groups is 1. The van der Waals surface area contributed by atoms with Crippen LogP contribution < -0.4 is 25.6 Å². The van der Waals surface area contributed by atoms with E-state index < -0.39 is 19.3 Å². The monoisotopic (exact) mass is 869 g/mol. The summed E-state index contributed by atoms with van der Waals surface area (Å²) in [4.78, 5) is 52.3. The summed E-state index contributed by atoms with van der Waals surface area (Å²) in [7, 11) is 2.57. The lowest BCUT2D eigenvalue weighted by Crippen LogP contribution is -2.35. The Morgan fingerprint density at radius 3 is 1.85 bits per heavy atom. The number of esters is 1. The number of likely N-dealkylation sites (N-methyl/N-ethyl adjacent to an activating group) is 1. The molecule has 0 aliphatic carbocycles. The number of amides is 3. The number of carbonyl (C=O) groups excluding carboxylic acids is 4. The maximum absolute atomic E-state index is 12.6. The number of nitrogens with zero attached hydrogens (tertiary/aromatic N) is 2. The number of carbonyl (C=O) groups is 4. The fourth-order valence-electron chi connectivity index (χ4n) is 7.68. The lowest BCUT2D eigenvalue weighted by molar-refractivity contribution is -0.127. The Morgan fingerprint density at radius 2 is 1.34 bits per heavy atom. The molecule has 320 valence electrons. The van der Waals surface area contributed by atoms with E-state index in [1.165, 1.54) is 51.2 Å². The molecule has 1 aliphatic heterocycles. The second kappa shape index (κ2) is 22.2. The van der Waals surface area contributed by atoms with Crippen LogP contribution in [0.15, 0.2) is 152 Å². The minimum absolute atomic E-state index is 0.0265. The van der Waals surface area contributed by atoms with Crippen molar-refractivity contribution in [3.8, 4) is 5.75 Å². The molecule has 3 amide bonds. The van der Waals surface area contributed by atoms with Gasteiger partial charge in [0.15, 0.2) is 0 Å². The van der Waals surface area contributed by atoms with Crippen LogP contribution in [0.5, 0.6) is 5.75 Å². The van der Waals surface area contributed by atoms with Crippen LogP contribution in [0.3, 0.4) is 0 Å². The van der Waals surface area contributed by atoms with Gasteiger partial charge in [-0.15, -0.1) is 11.3 Å². The van der Waals surface area contributed by atoms with Crippen molar-refractivity contribution in [3.05, 3.63) is 173 Å². The topological polar surface area (TPSA) is 102 Å². The van der Waals surface area contributed by atoms with Gasteiger partial charge in [0.1, 0.15) is 52.3 Å². The quantitative estimate of drug-likeness (QED) is 0.0279. The minimum Gasteiger partial charge on any atom is -0.497 e. The molecule has 0 radical (unpaired) electrons. The average Bonchev–Trinajstić information content (AvgIpc) is 3.88. The van der Waals surface area contributed by atoms with E-state index in [9.17, 15) is 19.2 Å². The Kier molecular flexibility index (Phi) is 16.4. The van der Waals surface area contributed by atoms with Gasteiger partial charge in [-0.3, -0.25) is 14.6 Å². The maximum atomic E-state index is 12.6. The molecule has 1 aliphatic rings. The fourth-order valence-corrected chi connectivity index (χ4v) is 13.3.